The number of aliphatic hydroxyl groups excluding tert-OH is 2. The van der Waals surface area contributed by atoms with Crippen molar-refractivity contribution in [3.05, 3.63) is 48.6 Å². The van der Waals surface area contributed by atoms with Crippen molar-refractivity contribution in [3.8, 4) is 0 Å². The normalized spacial score (nSPS) is 12.9. The van der Waals surface area contributed by atoms with Gasteiger partial charge in [0.2, 0.25) is 5.91 Å². The van der Waals surface area contributed by atoms with E-state index in [0.717, 1.165) is 83.5 Å². The Labute approximate surface area is 429 Å². The Kier molecular flexibility index (Phi) is 56.5. The number of hydrogen-bond acceptors (Lipinski definition) is 5. The van der Waals surface area contributed by atoms with Gasteiger partial charge >= 0.3 is 5.97 Å². The van der Waals surface area contributed by atoms with Gasteiger partial charge in [-0.15, -0.1) is 0 Å². The number of carbonyl (C=O) groups is 2. The van der Waals surface area contributed by atoms with E-state index in [4.69, 9.17) is 4.74 Å². The highest BCUT2D eigenvalue weighted by Crippen LogP contribution is 2.17. The molecule has 69 heavy (non-hydrogen) atoms. The lowest BCUT2D eigenvalue weighted by molar-refractivity contribution is -0.143. The summed E-state index contributed by atoms with van der Waals surface area (Å²) in [4.78, 5) is 24.5. The van der Waals surface area contributed by atoms with Crippen LogP contribution in [0.15, 0.2) is 48.6 Å². The highest BCUT2D eigenvalue weighted by atomic mass is 16.5. The van der Waals surface area contributed by atoms with Crippen molar-refractivity contribution in [2.75, 3.05) is 13.2 Å². The zero-order valence-electron chi connectivity index (χ0n) is 46.0. The molecule has 6 heteroatoms. The number of unbranched alkanes of at least 4 members (excludes halogenated alkanes) is 39. The fourth-order valence-corrected chi connectivity index (χ4v) is 9.13. The van der Waals surface area contributed by atoms with Gasteiger partial charge in [-0.3, -0.25) is 9.59 Å². The SMILES string of the molecule is CCCCC/C=C\C/C=C\CCCCCCCC(=O)OCCCCCC/C=C\CCCCCCCCCC(=O)NC(CO)C(O)/C=C/CCCCCCCCCCCCCCCCCCCCCC. The molecule has 0 aromatic rings. The first kappa shape index (κ1) is 66.8. The van der Waals surface area contributed by atoms with Gasteiger partial charge in [0.05, 0.1) is 25.4 Å². The molecule has 0 saturated carbocycles. The van der Waals surface area contributed by atoms with E-state index in [1.807, 2.05) is 6.08 Å². The van der Waals surface area contributed by atoms with E-state index in [1.165, 1.54) is 205 Å². The Bertz CT molecular complexity index is 1160. The predicted octanol–water partition coefficient (Wildman–Crippen LogP) is 19.0. The average Bonchev–Trinajstić information content (AvgIpc) is 3.35. The van der Waals surface area contributed by atoms with Gasteiger partial charge in [0.15, 0.2) is 0 Å². The zero-order chi connectivity index (χ0) is 50.0. The number of nitrogens with one attached hydrogen (secondary N) is 1. The van der Waals surface area contributed by atoms with E-state index in [9.17, 15) is 19.8 Å². The minimum absolute atomic E-state index is 0.0253. The zero-order valence-corrected chi connectivity index (χ0v) is 46.0. The molecule has 0 fully saturated rings. The molecular weight excluding hydrogens is 851 g/mol. The Morgan fingerprint density at radius 2 is 0.725 bits per heavy atom. The number of carbonyl (C=O) groups excluding carboxylic acids is 2. The van der Waals surface area contributed by atoms with E-state index in [0.29, 0.717) is 19.4 Å². The largest absolute Gasteiger partial charge is 0.466 e. The van der Waals surface area contributed by atoms with Crippen molar-refractivity contribution >= 4 is 11.9 Å². The molecule has 0 saturated heterocycles. The second-order valence-corrected chi connectivity index (χ2v) is 20.7. The lowest BCUT2D eigenvalue weighted by atomic mass is 10.0. The fourth-order valence-electron chi connectivity index (χ4n) is 9.13. The van der Waals surface area contributed by atoms with Crippen molar-refractivity contribution in [2.45, 2.75) is 328 Å². The van der Waals surface area contributed by atoms with Gasteiger partial charge in [-0.25, -0.2) is 0 Å². The van der Waals surface area contributed by atoms with Gasteiger partial charge in [0.1, 0.15) is 0 Å². The molecule has 0 aromatic heterocycles. The van der Waals surface area contributed by atoms with Crippen LogP contribution in [-0.2, 0) is 14.3 Å². The number of allylic oxidation sites excluding steroid dienone is 7. The summed E-state index contributed by atoms with van der Waals surface area (Å²) in [6.07, 6.45) is 74.2. The minimum Gasteiger partial charge on any atom is -0.466 e. The molecule has 404 valence electrons. The van der Waals surface area contributed by atoms with Crippen LogP contribution in [0.3, 0.4) is 0 Å². The van der Waals surface area contributed by atoms with E-state index in [2.05, 4.69) is 55.6 Å². The first-order valence-corrected chi connectivity index (χ1v) is 30.4. The maximum absolute atomic E-state index is 12.5. The molecule has 0 radical (unpaired) electrons. The number of ether oxygens (including phenoxy) is 1. The highest BCUT2D eigenvalue weighted by Gasteiger charge is 2.18. The average molecular weight is 969 g/mol. The Balaban J connectivity index is 3.52. The van der Waals surface area contributed by atoms with Crippen LogP contribution in [0, 0.1) is 0 Å². The molecule has 0 heterocycles. The third-order valence-electron chi connectivity index (χ3n) is 13.8. The van der Waals surface area contributed by atoms with Gasteiger partial charge in [0, 0.05) is 12.8 Å². The molecule has 0 rings (SSSR count). The van der Waals surface area contributed by atoms with Crippen molar-refractivity contribution < 1.29 is 24.5 Å². The first-order chi connectivity index (χ1) is 34.0. The summed E-state index contributed by atoms with van der Waals surface area (Å²) in [5.74, 6) is -0.107. The lowest BCUT2D eigenvalue weighted by Crippen LogP contribution is -2.45. The summed E-state index contributed by atoms with van der Waals surface area (Å²) in [7, 11) is 0. The third-order valence-corrected chi connectivity index (χ3v) is 13.8. The van der Waals surface area contributed by atoms with Gasteiger partial charge in [-0.1, -0.05) is 262 Å². The molecule has 0 aromatic carbocycles. The number of hydrogen-bond donors (Lipinski definition) is 3. The van der Waals surface area contributed by atoms with Gasteiger partial charge in [0.25, 0.3) is 0 Å². The third kappa shape index (κ3) is 55.0. The van der Waals surface area contributed by atoms with Crippen LogP contribution in [0.4, 0.5) is 0 Å². The molecule has 2 unspecified atom stereocenters. The summed E-state index contributed by atoms with van der Waals surface area (Å²) in [5, 5.41) is 23.2. The van der Waals surface area contributed by atoms with Crippen molar-refractivity contribution in [3.63, 3.8) is 0 Å². The number of amides is 1. The molecule has 0 aliphatic heterocycles. The topological polar surface area (TPSA) is 95.9 Å². The summed E-state index contributed by atoms with van der Waals surface area (Å²) < 4.78 is 5.46. The highest BCUT2D eigenvalue weighted by molar-refractivity contribution is 5.76. The molecule has 0 bridgehead atoms. The Morgan fingerprint density at radius 3 is 1.14 bits per heavy atom. The van der Waals surface area contributed by atoms with Crippen LogP contribution in [0.25, 0.3) is 0 Å². The van der Waals surface area contributed by atoms with Crippen LogP contribution < -0.4 is 5.32 Å². The predicted molar refractivity (Wildman–Crippen MR) is 301 cm³/mol. The van der Waals surface area contributed by atoms with Crippen LogP contribution in [0.1, 0.15) is 316 Å². The van der Waals surface area contributed by atoms with Gasteiger partial charge in [-0.2, -0.15) is 0 Å². The Morgan fingerprint density at radius 1 is 0.406 bits per heavy atom. The maximum atomic E-state index is 12.5. The van der Waals surface area contributed by atoms with Crippen LogP contribution in [-0.4, -0.2) is 47.4 Å². The van der Waals surface area contributed by atoms with Gasteiger partial charge in [-0.05, 0) is 89.9 Å². The molecule has 2 atom stereocenters. The minimum atomic E-state index is -0.857. The summed E-state index contributed by atoms with van der Waals surface area (Å²) >= 11 is 0. The molecule has 0 aliphatic carbocycles. The monoisotopic (exact) mass is 968 g/mol. The molecule has 0 aliphatic rings. The second-order valence-electron chi connectivity index (χ2n) is 20.7. The van der Waals surface area contributed by atoms with Crippen LogP contribution in [0.2, 0.25) is 0 Å². The van der Waals surface area contributed by atoms with E-state index in [-0.39, 0.29) is 18.5 Å². The summed E-state index contributed by atoms with van der Waals surface area (Å²) in [6.45, 7) is 4.85. The second kappa shape index (κ2) is 58.4. The first-order valence-electron chi connectivity index (χ1n) is 30.4. The van der Waals surface area contributed by atoms with Gasteiger partial charge < -0.3 is 20.3 Å². The molecule has 6 nitrogen and oxygen atoms in total. The van der Waals surface area contributed by atoms with Crippen molar-refractivity contribution in [2.24, 2.45) is 0 Å². The number of rotatable bonds is 56. The quantitative estimate of drug-likeness (QED) is 0.0321. The van der Waals surface area contributed by atoms with Crippen molar-refractivity contribution in [1.82, 2.24) is 5.32 Å². The molecule has 3 N–H and O–H groups in total. The molecule has 1 amide bonds. The smallest absolute Gasteiger partial charge is 0.305 e. The van der Waals surface area contributed by atoms with Crippen molar-refractivity contribution in [1.29, 1.82) is 0 Å². The van der Waals surface area contributed by atoms with E-state index in [1.54, 1.807) is 6.08 Å². The van der Waals surface area contributed by atoms with Crippen LogP contribution >= 0.6 is 0 Å². The fraction of sp³-hybridized carbons (Fsp3) is 0.841. The summed E-state index contributed by atoms with van der Waals surface area (Å²) in [5.41, 5.74) is 0. The number of aliphatic hydroxyl groups is 2. The standard InChI is InChI=1S/C63H117NO5/c1-3-5-7-9-11-13-15-17-19-20-21-22-23-24-25-28-31-35-39-43-47-51-55-61(66)60(59-65)64-62(67)56-52-48-44-40-36-32-29-26-30-34-38-42-46-50-54-58-69-63(68)57-53-49-45-41-37-33-27-18-16-14-12-10-8-6-4-2/h12,14,18,27,30,34,51,55,60-61,65-66H,3-11,13,15-17,19-26,28-29,31-33,35-50,52-54,56-59H2,1-2H3,(H,64,67)/b14-12-,27-18-,34-30-,55-51+. The molecular formula is C63H117NO5. The maximum Gasteiger partial charge on any atom is 0.305 e. The summed E-state index contributed by atoms with van der Waals surface area (Å²) in [6, 6.07) is -0.642. The number of esters is 1. The van der Waals surface area contributed by atoms with E-state index >= 15 is 0 Å². The lowest BCUT2D eigenvalue weighted by Gasteiger charge is -2.20. The van der Waals surface area contributed by atoms with Crippen LogP contribution in [0.5, 0.6) is 0 Å². The van der Waals surface area contributed by atoms with E-state index < -0.39 is 12.1 Å². The molecule has 0 spiro atoms. The Hall–Kier alpha value is -2.18.